The molecule has 0 spiro atoms. The lowest BCUT2D eigenvalue weighted by atomic mass is 10.2. The molecule has 0 amide bonds. The molecule has 0 saturated carbocycles. The number of aliphatic imine (C=N–C) groups is 1. The van der Waals surface area contributed by atoms with E-state index >= 15 is 0 Å². The molecule has 0 fully saturated rings. The number of guanidine groups is 1. The van der Waals surface area contributed by atoms with Crippen LogP contribution in [0, 0.1) is 0 Å². The van der Waals surface area contributed by atoms with E-state index in [0.717, 1.165) is 17.1 Å². The van der Waals surface area contributed by atoms with Gasteiger partial charge in [-0.3, -0.25) is 4.99 Å². The van der Waals surface area contributed by atoms with Crippen LogP contribution in [0.25, 0.3) is 0 Å². The summed E-state index contributed by atoms with van der Waals surface area (Å²) in [6.45, 7) is 3.27. The van der Waals surface area contributed by atoms with Crippen LogP contribution in [0.15, 0.2) is 23.2 Å². The largest absolute Gasteiger partial charge is 0.497 e. The predicted molar refractivity (Wildman–Crippen MR) is 88.6 cm³/mol. The van der Waals surface area contributed by atoms with Crippen molar-refractivity contribution in [1.82, 2.24) is 4.90 Å². The average molecular weight is 379 g/mol. The zero-order chi connectivity index (χ0) is 13.5. The maximum atomic E-state index is 5.83. The summed E-state index contributed by atoms with van der Waals surface area (Å²) in [6.07, 6.45) is 0. The van der Waals surface area contributed by atoms with E-state index in [2.05, 4.69) is 4.99 Å². The number of ether oxygens (including phenoxy) is 2. The van der Waals surface area contributed by atoms with Gasteiger partial charge in [0.1, 0.15) is 11.5 Å². The van der Waals surface area contributed by atoms with Crippen LogP contribution in [0.4, 0.5) is 0 Å². The molecule has 0 heterocycles. The zero-order valence-corrected chi connectivity index (χ0v) is 14.2. The van der Waals surface area contributed by atoms with Crippen molar-refractivity contribution in [3.8, 4) is 11.5 Å². The van der Waals surface area contributed by atoms with Gasteiger partial charge in [0.25, 0.3) is 0 Å². The third-order valence-corrected chi connectivity index (χ3v) is 2.61. The molecule has 5 nitrogen and oxygen atoms in total. The summed E-state index contributed by atoms with van der Waals surface area (Å²) in [7, 11) is 5.17. The number of hydrogen-bond acceptors (Lipinski definition) is 3. The van der Waals surface area contributed by atoms with Crippen molar-refractivity contribution in [3.63, 3.8) is 0 Å². The van der Waals surface area contributed by atoms with E-state index < -0.39 is 0 Å². The Kier molecular flexibility index (Phi) is 8.29. The van der Waals surface area contributed by atoms with Crippen LogP contribution in [0.3, 0.4) is 0 Å². The summed E-state index contributed by atoms with van der Waals surface area (Å²) in [5, 5.41) is 0. The predicted octanol–water partition coefficient (Wildman–Crippen LogP) is 2.09. The Morgan fingerprint density at radius 1 is 1.32 bits per heavy atom. The number of rotatable bonds is 5. The molecule has 1 aromatic carbocycles. The topological polar surface area (TPSA) is 60.1 Å². The van der Waals surface area contributed by atoms with E-state index in [4.69, 9.17) is 15.2 Å². The van der Waals surface area contributed by atoms with E-state index in [1.165, 1.54) is 0 Å². The molecule has 0 saturated heterocycles. The Hall–Kier alpha value is -1.18. The van der Waals surface area contributed by atoms with Crippen molar-refractivity contribution in [2.24, 2.45) is 10.7 Å². The highest BCUT2D eigenvalue weighted by molar-refractivity contribution is 14.0. The smallest absolute Gasteiger partial charge is 0.191 e. The summed E-state index contributed by atoms with van der Waals surface area (Å²) in [5.74, 6) is 2.08. The van der Waals surface area contributed by atoms with E-state index in [1.54, 1.807) is 14.2 Å². The van der Waals surface area contributed by atoms with Crippen LogP contribution in [0.2, 0.25) is 0 Å². The normalized spacial score (nSPS) is 10.6. The van der Waals surface area contributed by atoms with Crippen molar-refractivity contribution in [2.75, 3.05) is 27.8 Å². The number of halogens is 1. The third-order valence-electron chi connectivity index (χ3n) is 2.61. The lowest BCUT2D eigenvalue weighted by molar-refractivity contribution is 0.383. The minimum absolute atomic E-state index is 0. The summed E-state index contributed by atoms with van der Waals surface area (Å²) in [5.41, 5.74) is 6.87. The Bertz CT molecular complexity index is 424. The van der Waals surface area contributed by atoms with Gasteiger partial charge in [0.15, 0.2) is 5.96 Å². The fourth-order valence-corrected chi connectivity index (χ4v) is 1.60. The average Bonchev–Trinajstić information content (AvgIpc) is 2.39. The Balaban J connectivity index is 0.00000324. The highest BCUT2D eigenvalue weighted by Gasteiger charge is 2.09. The highest BCUT2D eigenvalue weighted by atomic mass is 127. The molecule has 6 heteroatoms. The van der Waals surface area contributed by atoms with Gasteiger partial charge in [0, 0.05) is 31.8 Å². The molecule has 0 atom stereocenters. The number of nitrogens with zero attached hydrogens (tertiary/aromatic N) is 2. The van der Waals surface area contributed by atoms with Crippen molar-refractivity contribution < 1.29 is 9.47 Å². The summed E-state index contributed by atoms with van der Waals surface area (Å²) in [4.78, 5) is 6.05. The fraction of sp³-hybridized carbons (Fsp3) is 0.462. The van der Waals surface area contributed by atoms with Crippen LogP contribution in [-0.4, -0.2) is 38.7 Å². The van der Waals surface area contributed by atoms with Crippen LogP contribution in [-0.2, 0) is 6.54 Å². The van der Waals surface area contributed by atoms with Crippen LogP contribution in [0.1, 0.15) is 12.5 Å². The van der Waals surface area contributed by atoms with Crippen LogP contribution < -0.4 is 15.2 Å². The molecule has 0 aliphatic rings. The SMILES string of the molecule is CCN=C(N)N(C)Cc1ccc(OC)cc1OC.I. The van der Waals surface area contributed by atoms with Crippen molar-refractivity contribution in [1.29, 1.82) is 0 Å². The van der Waals surface area contributed by atoms with Crippen molar-refractivity contribution in [2.45, 2.75) is 13.5 Å². The lowest BCUT2D eigenvalue weighted by Gasteiger charge is -2.19. The maximum absolute atomic E-state index is 5.83. The van der Waals surface area contributed by atoms with Gasteiger partial charge in [0.2, 0.25) is 0 Å². The van der Waals surface area contributed by atoms with Crippen LogP contribution in [0.5, 0.6) is 11.5 Å². The van der Waals surface area contributed by atoms with E-state index in [9.17, 15) is 0 Å². The first-order valence-electron chi connectivity index (χ1n) is 5.84. The molecule has 0 aliphatic heterocycles. The van der Waals surface area contributed by atoms with Gasteiger partial charge in [0.05, 0.1) is 14.2 Å². The zero-order valence-electron chi connectivity index (χ0n) is 11.8. The molecule has 19 heavy (non-hydrogen) atoms. The van der Waals surface area contributed by atoms with Gasteiger partial charge >= 0.3 is 0 Å². The summed E-state index contributed by atoms with van der Waals surface area (Å²) in [6, 6.07) is 5.72. The minimum Gasteiger partial charge on any atom is -0.497 e. The molecule has 108 valence electrons. The number of benzene rings is 1. The Morgan fingerprint density at radius 3 is 2.53 bits per heavy atom. The summed E-state index contributed by atoms with van der Waals surface area (Å²) < 4.78 is 10.5. The Morgan fingerprint density at radius 2 is 2.00 bits per heavy atom. The van der Waals surface area contributed by atoms with Gasteiger partial charge in [-0.15, -0.1) is 24.0 Å². The standard InChI is InChI=1S/C13H21N3O2.HI/c1-5-15-13(14)16(2)9-10-6-7-11(17-3)8-12(10)18-4;/h6-8H,5,9H2,1-4H3,(H2,14,15);1H. The molecule has 0 bridgehead atoms. The van der Waals surface area contributed by atoms with Gasteiger partial charge in [-0.25, -0.2) is 0 Å². The fourth-order valence-electron chi connectivity index (χ4n) is 1.60. The highest BCUT2D eigenvalue weighted by Crippen LogP contribution is 2.25. The van der Waals surface area contributed by atoms with Gasteiger partial charge < -0.3 is 20.1 Å². The monoisotopic (exact) mass is 379 g/mol. The van der Waals surface area contributed by atoms with Crippen molar-refractivity contribution >= 4 is 29.9 Å². The minimum atomic E-state index is 0. The van der Waals surface area contributed by atoms with Gasteiger partial charge in [-0.2, -0.15) is 0 Å². The molecule has 0 aliphatic carbocycles. The number of methoxy groups -OCH3 is 2. The molecule has 1 rings (SSSR count). The molecular weight excluding hydrogens is 357 g/mol. The molecule has 0 radical (unpaired) electrons. The summed E-state index contributed by atoms with van der Waals surface area (Å²) >= 11 is 0. The quantitative estimate of drug-likeness (QED) is 0.484. The van der Waals surface area contributed by atoms with E-state index in [-0.39, 0.29) is 24.0 Å². The first-order chi connectivity index (χ1) is 8.62. The van der Waals surface area contributed by atoms with E-state index in [0.29, 0.717) is 19.0 Å². The molecule has 0 aromatic heterocycles. The van der Waals surface area contributed by atoms with Crippen molar-refractivity contribution in [3.05, 3.63) is 23.8 Å². The second kappa shape index (κ2) is 8.84. The van der Waals surface area contributed by atoms with Gasteiger partial charge in [-0.1, -0.05) is 0 Å². The molecule has 1 aromatic rings. The lowest BCUT2D eigenvalue weighted by Crippen LogP contribution is -2.33. The third kappa shape index (κ3) is 5.14. The first kappa shape index (κ1) is 17.8. The Labute approximate surface area is 131 Å². The first-order valence-corrected chi connectivity index (χ1v) is 5.84. The number of nitrogens with two attached hydrogens (primary N) is 1. The van der Waals surface area contributed by atoms with Gasteiger partial charge in [-0.05, 0) is 19.1 Å². The molecule has 0 unspecified atom stereocenters. The number of hydrogen-bond donors (Lipinski definition) is 1. The molecular formula is C13H22IN3O2. The second-order valence-corrected chi connectivity index (χ2v) is 3.87. The molecule has 2 N–H and O–H groups in total. The second-order valence-electron chi connectivity index (χ2n) is 3.87. The van der Waals surface area contributed by atoms with Crippen LogP contribution >= 0.6 is 24.0 Å². The maximum Gasteiger partial charge on any atom is 0.191 e. The van der Waals surface area contributed by atoms with E-state index in [1.807, 2.05) is 37.1 Å².